The topological polar surface area (TPSA) is 70.9 Å². The third-order valence-corrected chi connectivity index (χ3v) is 6.08. The second-order valence-electron chi connectivity index (χ2n) is 8.03. The number of piperazine rings is 1. The number of ether oxygens (including phenoxy) is 1. The zero-order chi connectivity index (χ0) is 22.0. The van der Waals surface area contributed by atoms with Crippen molar-refractivity contribution in [1.29, 1.82) is 0 Å². The Morgan fingerprint density at radius 3 is 2.42 bits per heavy atom. The third-order valence-electron chi connectivity index (χ3n) is 5.85. The van der Waals surface area contributed by atoms with Crippen molar-refractivity contribution < 1.29 is 14.3 Å². The summed E-state index contributed by atoms with van der Waals surface area (Å²) in [5.74, 6) is -0.125. The van der Waals surface area contributed by atoms with Gasteiger partial charge in [0.2, 0.25) is 5.91 Å². The van der Waals surface area contributed by atoms with Crippen LogP contribution in [0, 0.1) is 13.8 Å². The van der Waals surface area contributed by atoms with Crippen molar-refractivity contribution in [2.45, 2.75) is 20.4 Å². The third kappa shape index (κ3) is 4.85. The van der Waals surface area contributed by atoms with Gasteiger partial charge >= 0.3 is 0 Å². The summed E-state index contributed by atoms with van der Waals surface area (Å²) in [4.78, 5) is 31.8. The molecule has 2 fully saturated rings. The molecule has 0 radical (unpaired) electrons. The van der Waals surface area contributed by atoms with E-state index in [0.29, 0.717) is 50.1 Å². The average Bonchev–Trinajstić information content (AvgIpc) is 3.15. The van der Waals surface area contributed by atoms with Gasteiger partial charge < -0.3 is 19.4 Å². The van der Waals surface area contributed by atoms with Gasteiger partial charge in [-0.05, 0) is 37.6 Å². The van der Waals surface area contributed by atoms with E-state index in [-0.39, 0.29) is 18.4 Å². The second kappa shape index (κ2) is 9.28. The van der Waals surface area contributed by atoms with Crippen molar-refractivity contribution in [3.05, 3.63) is 46.2 Å². The smallest absolute Gasteiger partial charge is 0.272 e. The SMILES string of the molecule is Cc1cc(C(=O)N2CCOCC2)n(CC(=O)N2CCN(c3cc(Cl)ccc3C)CC2)n1. The summed E-state index contributed by atoms with van der Waals surface area (Å²) in [6, 6.07) is 7.64. The van der Waals surface area contributed by atoms with E-state index in [1.165, 1.54) is 5.56 Å². The zero-order valence-electron chi connectivity index (χ0n) is 18.0. The van der Waals surface area contributed by atoms with Gasteiger partial charge in [0.05, 0.1) is 18.9 Å². The van der Waals surface area contributed by atoms with Crippen molar-refractivity contribution >= 4 is 29.1 Å². The van der Waals surface area contributed by atoms with Crippen molar-refractivity contribution in [3.63, 3.8) is 0 Å². The van der Waals surface area contributed by atoms with Gasteiger partial charge in [-0.2, -0.15) is 5.10 Å². The van der Waals surface area contributed by atoms with Gasteiger partial charge in [0.15, 0.2) is 0 Å². The lowest BCUT2D eigenvalue weighted by molar-refractivity contribution is -0.132. The maximum Gasteiger partial charge on any atom is 0.272 e. The van der Waals surface area contributed by atoms with Crippen LogP contribution in [0.15, 0.2) is 24.3 Å². The van der Waals surface area contributed by atoms with E-state index in [1.54, 1.807) is 15.6 Å². The molecule has 1 aromatic heterocycles. The summed E-state index contributed by atoms with van der Waals surface area (Å²) in [7, 11) is 0. The molecule has 0 N–H and O–H groups in total. The molecule has 0 bridgehead atoms. The highest BCUT2D eigenvalue weighted by atomic mass is 35.5. The summed E-state index contributed by atoms with van der Waals surface area (Å²) in [6.07, 6.45) is 0. The molecule has 8 nitrogen and oxygen atoms in total. The molecule has 0 unspecified atom stereocenters. The number of aromatic nitrogens is 2. The van der Waals surface area contributed by atoms with Crippen molar-refractivity contribution in [2.24, 2.45) is 0 Å². The first kappa shape index (κ1) is 21.6. The van der Waals surface area contributed by atoms with Gasteiger partial charge in [0.1, 0.15) is 12.2 Å². The molecule has 9 heteroatoms. The summed E-state index contributed by atoms with van der Waals surface area (Å²) >= 11 is 6.17. The van der Waals surface area contributed by atoms with Crippen LogP contribution >= 0.6 is 11.6 Å². The standard InChI is InChI=1S/C22H28ClN5O3/c1-16-3-4-18(23)14-19(16)25-5-7-26(8-6-25)21(29)15-28-20(13-17(2)24-28)22(30)27-9-11-31-12-10-27/h3-4,13-14H,5-12,15H2,1-2H3. The van der Waals surface area contributed by atoms with Crippen LogP contribution in [0.2, 0.25) is 5.02 Å². The fraction of sp³-hybridized carbons (Fsp3) is 0.500. The molecule has 2 aliphatic rings. The molecule has 1 aromatic carbocycles. The van der Waals surface area contributed by atoms with Gasteiger partial charge in [-0.3, -0.25) is 14.3 Å². The number of hydrogen-bond acceptors (Lipinski definition) is 5. The van der Waals surface area contributed by atoms with Gasteiger partial charge in [-0.25, -0.2) is 0 Å². The number of benzene rings is 1. The molecule has 31 heavy (non-hydrogen) atoms. The first-order valence-corrected chi connectivity index (χ1v) is 11.0. The first-order valence-electron chi connectivity index (χ1n) is 10.6. The number of halogens is 1. The van der Waals surface area contributed by atoms with Gasteiger partial charge in [-0.1, -0.05) is 17.7 Å². The van der Waals surface area contributed by atoms with E-state index in [0.717, 1.165) is 24.5 Å². The maximum atomic E-state index is 13.0. The molecule has 0 aliphatic carbocycles. The molecule has 0 spiro atoms. The average molecular weight is 446 g/mol. The number of rotatable bonds is 4. The Labute approximate surface area is 187 Å². The van der Waals surface area contributed by atoms with E-state index in [9.17, 15) is 9.59 Å². The highest BCUT2D eigenvalue weighted by Gasteiger charge is 2.26. The van der Waals surface area contributed by atoms with E-state index >= 15 is 0 Å². The van der Waals surface area contributed by atoms with Crippen molar-refractivity contribution in [1.82, 2.24) is 19.6 Å². The maximum absolute atomic E-state index is 13.0. The normalized spacial score (nSPS) is 17.2. The fourth-order valence-electron chi connectivity index (χ4n) is 4.11. The number of anilines is 1. The molecule has 4 rings (SSSR count). The number of carbonyl (C=O) groups excluding carboxylic acids is 2. The highest BCUT2D eigenvalue weighted by molar-refractivity contribution is 6.30. The van der Waals surface area contributed by atoms with Crippen LogP contribution in [0.25, 0.3) is 0 Å². The molecule has 2 saturated heterocycles. The second-order valence-corrected chi connectivity index (χ2v) is 8.47. The quantitative estimate of drug-likeness (QED) is 0.719. The minimum absolute atomic E-state index is 0.0263. The Balaban J connectivity index is 1.39. The van der Waals surface area contributed by atoms with Gasteiger partial charge in [0, 0.05) is 50.0 Å². The molecule has 2 amide bonds. The molecule has 3 heterocycles. The summed E-state index contributed by atoms with van der Waals surface area (Å²) in [5, 5.41) is 5.12. The van der Waals surface area contributed by atoms with E-state index in [4.69, 9.17) is 16.3 Å². The number of carbonyl (C=O) groups is 2. The summed E-state index contributed by atoms with van der Waals surface area (Å²) in [6.45, 7) is 8.88. The molecule has 0 saturated carbocycles. The van der Waals surface area contributed by atoms with Crippen LogP contribution in [0.3, 0.4) is 0 Å². The zero-order valence-corrected chi connectivity index (χ0v) is 18.8. The van der Waals surface area contributed by atoms with Gasteiger partial charge in [0.25, 0.3) is 5.91 Å². The number of amides is 2. The summed E-state index contributed by atoms with van der Waals surface area (Å²) in [5.41, 5.74) is 3.47. The lowest BCUT2D eigenvalue weighted by Crippen LogP contribution is -2.50. The molecular formula is C22H28ClN5O3. The van der Waals surface area contributed by atoms with Crippen LogP contribution in [-0.2, 0) is 16.1 Å². The van der Waals surface area contributed by atoms with Crippen LogP contribution in [0.5, 0.6) is 0 Å². The van der Waals surface area contributed by atoms with Gasteiger partial charge in [-0.15, -0.1) is 0 Å². The Morgan fingerprint density at radius 2 is 1.71 bits per heavy atom. The number of aryl methyl sites for hydroxylation is 2. The van der Waals surface area contributed by atoms with Crippen molar-refractivity contribution in [3.8, 4) is 0 Å². The summed E-state index contributed by atoms with van der Waals surface area (Å²) < 4.78 is 6.88. The number of hydrogen-bond donors (Lipinski definition) is 0. The first-order chi connectivity index (χ1) is 14.9. The predicted octanol–water partition coefficient (Wildman–Crippen LogP) is 1.97. The Hall–Kier alpha value is -2.58. The molecular weight excluding hydrogens is 418 g/mol. The largest absolute Gasteiger partial charge is 0.378 e. The Bertz CT molecular complexity index is 962. The molecule has 0 atom stereocenters. The molecule has 2 aliphatic heterocycles. The van der Waals surface area contributed by atoms with Crippen LogP contribution in [0.4, 0.5) is 5.69 Å². The predicted molar refractivity (Wildman–Crippen MR) is 119 cm³/mol. The van der Waals surface area contributed by atoms with E-state index in [1.807, 2.05) is 30.0 Å². The lowest BCUT2D eigenvalue weighted by atomic mass is 10.1. The number of nitrogens with zero attached hydrogens (tertiary/aromatic N) is 5. The minimum Gasteiger partial charge on any atom is -0.378 e. The highest BCUT2D eigenvalue weighted by Crippen LogP contribution is 2.25. The molecule has 166 valence electrons. The Kier molecular flexibility index (Phi) is 6.48. The monoisotopic (exact) mass is 445 g/mol. The molecule has 2 aromatic rings. The van der Waals surface area contributed by atoms with Crippen LogP contribution in [-0.4, -0.2) is 83.9 Å². The van der Waals surface area contributed by atoms with E-state index in [2.05, 4.69) is 16.9 Å². The van der Waals surface area contributed by atoms with Crippen LogP contribution < -0.4 is 4.90 Å². The minimum atomic E-state index is -0.0991. The Morgan fingerprint density at radius 1 is 1.00 bits per heavy atom. The van der Waals surface area contributed by atoms with E-state index < -0.39 is 0 Å². The van der Waals surface area contributed by atoms with Crippen LogP contribution in [0.1, 0.15) is 21.7 Å². The lowest BCUT2D eigenvalue weighted by Gasteiger charge is -2.37. The number of morpholine rings is 1. The van der Waals surface area contributed by atoms with Crippen molar-refractivity contribution in [2.75, 3.05) is 57.4 Å². The fourth-order valence-corrected chi connectivity index (χ4v) is 4.28.